The van der Waals surface area contributed by atoms with Crippen LogP contribution in [-0.4, -0.2) is 10.2 Å². The Morgan fingerprint density at radius 2 is 1.86 bits per heavy atom. The van der Waals surface area contributed by atoms with Crippen molar-refractivity contribution in [2.75, 3.05) is 5.32 Å². The van der Waals surface area contributed by atoms with E-state index in [2.05, 4.69) is 15.5 Å². The molecular formula is C15H11ClFN3O. The molecule has 0 saturated carbocycles. The predicted octanol–water partition coefficient (Wildman–Crippen LogP) is 4.20. The van der Waals surface area contributed by atoms with Crippen LogP contribution in [0.1, 0.15) is 11.5 Å². The van der Waals surface area contributed by atoms with Crippen molar-refractivity contribution in [3.63, 3.8) is 0 Å². The smallest absolute Gasteiger partial charge is 0.320 e. The van der Waals surface area contributed by atoms with Gasteiger partial charge in [-0.1, -0.05) is 41.0 Å². The van der Waals surface area contributed by atoms with Crippen molar-refractivity contribution in [3.8, 4) is 0 Å². The van der Waals surface area contributed by atoms with E-state index in [0.717, 1.165) is 5.69 Å². The molecule has 1 N–H and O–H groups in total. The molecule has 6 heteroatoms. The zero-order chi connectivity index (χ0) is 14.7. The van der Waals surface area contributed by atoms with Crippen molar-refractivity contribution in [3.05, 3.63) is 70.8 Å². The molecule has 0 spiro atoms. The Kier molecular flexibility index (Phi) is 3.83. The molecule has 1 aromatic heterocycles. The number of aromatic nitrogens is 2. The van der Waals surface area contributed by atoms with Crippen LogP contribution in [0.2, 0.25) is 5.02 Å². The molecule has 0 saturated heterocycles. The summed E-state index contributed by atoms with van der Waals surface area (Å²) in [5.41, 5.74) is 1.17. The number of nitrogens with one attached hydrogen (secondary N) is 1. The Labute approximate surface area is 125 Å². The zero-order valence-corrected chi connectivity index (χ0v) is 11.6. The van der Waals surface area contributed by atoms with Crippen LogP contribution in [-0.2, 0) is 6.42 Å². The summed E-state index contributed by atoms with van der Waals surface area (Å²) in [4.78, 5) is 0. The van der Waals surface area contributed by atoms with Gasteiger partial charge in [-0.05, 0) is 24.3 Å². The lowest BCUT2D eigenvalue weighted by molar-refractivity contribution is 0.514. The number of rotatable bonds is 4. The molecule has 4 nitrogen and oxygen atoms in total. The SMILES string of the molecule is Fc1cccc(Cl)c1Cc1nnc(Nc2ccccc2)o1. The first-order valence-corrected chi connectivity index (χ1v) is 6.67. The summed E-state index contributed by atoms with van der Waals surface area (Å²) in [6, 6.07) is 14.2. The summed E-state index contributed by atoms with van der Waals surface area (Å²) in [7, 11) is 0. The van der Waals surface area contributed by atoms with Crippen molar-refractivity contribution in [1.29, 1.82) is 0 Å². The standard InChI is InChI=1S/C15H11ClFN3O/c16-12-7-4-8-13(17)11(12)9-14-19-20-15(21-14)18-10-5-2-1-3-6-10/h1-8H,9H2,(H,18,20). The van der Waals surface area contributed by atoms with Gasteiger partial charge in [-0.15, -0.1) is 5.10 Å². The van der Waals surface area contributed by atoms with Crippen LogP contribution in [0.4, 0.5) is 16.1 Å². The van der Waals surface area contributed by atoms with Gasteiger partial charge in [0.15, 0.2) is 0 Å². The van der Waals surface area contributed by atoms with Crippen molar-refractivity contribution in [2.45, 2.75) is 6.42 Å². The minimum Gasteiger partial charge on any atom is -0.408 e. The molecule has 0 aliphatic heterocycles. The number of para-hydroxylation sites is 1. The van der Waals surface area contributed by atoms with Gasteiger partial charge in [-0.2, -0.15) is 0 Å². The maximum Gasteiger partial charge on any atom is 0.320 e. The maximum absolute atomic E-state index is 13.7. The molecule has 0 bridgehead atoms. The van der Waals surface area contributed by atoms with Crippen LogP contribution in [0.5, 0.6) is 0 Å². The highest BCUT2D eigenvalue weighted by Crippen LogP contribution is 2.23. The highest BCUT2D eigenvalue weighted by molar-refractivity contribution is 6.31. The van der Waals surface area contributed by atoms with Gasteiger partial charge in [0.25, 0.3) is 0 Å². The van der Waals surface area contributed by atoms with Crippen LogP contribution < -0.4 is 5.32 Å². The van der Waals surface area contributed by atoms with Gasteiger partial charge in [-0.25, -0.2) is 4.39 Å². The number of benzene rings is 2. The third kappa shape index (κ3) is 3.20. The van der Waals surface area contributed by atoms with Crippen molar-refractivity contribution in [1.82, 2.24) is 10.2 Å². The molecule has 0 aliphatic rings. The fourth-order valence-corrected chi connectivity index (χ4v) is 2.10. The molecule has 2 aromatic carbocycles. The molecule has 0 radical (unpaired) electrons. The lowest BCUT2D eigenvalue weighted by atomic mass is 10.1. The van der Waals surface area contributed by atoms with E-state index in [0.29, 0.717) is 16.5 Å². The third-order valence-corrected chi connectivity index (χ3v) is 3.24. The number of hydrogen-bond acceptors (Lipinski definition) is 4. The van der Waals surface area contributed by atoms with Crippen LogP contribution in [0.3, 0.4) is 0 Å². The van der Waals surface area contributed by atoms with Gasteiger partial charge in [0.05, 0.1) is 6.42 Å². The Morgan fingerprint density at radius 1 is 1.05 bits per heavy atom. The van der Waals surface area contributed by atoms with Crippen molar-refractivity contribution < 1.29 is 8.81 Å². The van der Waals surface area contributed by atoms with Crippen LogP contribution in [0.15, 0.2) is 52.9 Å². The highest BCUT2D eigenvalue weighted by atomic mass is 35.5. The highest BCUT2D eigenvalue weighted by Gasteiger charge is 2.13. The number of hydrogen-bond donors (Lipinski definition) is 1. The van der Waals surface area contributed by atoms with Crippen LogP contribution >= 0.6 is 11.6 Å². The van der Waals surface area contributed by atoms with Gasteiger partial charge in [-0.3, -0.25) is 0 Å². The maximum atomic E-state index is 13.7. The molecule has 1 heterocycles. The van der Waals surface area contributed by atoms with E-state index in [1.54, 1.807) is 12.1 Å². The molecule has 106 valence electrons. The summed E-state index contributed by atoms with van der Waals surface area (Å²) < 4.78 is 19.1. The van der Waals surface area contributed by atoms with E-state index in [1.165, 1.54) is 6.07 Å². The molecule has 0 aliphatic carbocycles. The van der Waals surface area contributed by atoms with E-state index in [4.69, 9.17) is 16.0 Å². The van der Waals surface area contributed by atoms with E-state index in [-0.39, 0.29) is 12.4 Å². The molecular weight excluding hydrogens is 293 g/mol. The quantitative estimate of drug-likeness (QED) is 0.785. The van der Waals surface area contributed by atoms with Gasteiger partial charge in [0, 0.05) is 16.3 Å². The average molecular weight is 304 g/mol. The number of nitrogens with zero attached hydrogens (tertiary/aromatic N) is 2. The Balaban J connectivity index is 1.76. The van der Waals surface area contributed by atoms with E-state index in [9.17, 15) is 4.39 Å². The van der Waals surface area contributed by atoms with Crippen molar-refractivity contribution >= 4 is 23.3 Å². The topological polar surface area (TPSA) is 51.0 Å². The second-order valence-electron chi connectivity index (χ2n) is 4.37. The van der Waals surface area contributed by atoms with Gasteiger partial charge in [0.2, 0.25) is 5.89 Å². The average Bonchev–Trinajstić information content (AvgIpc) is 2.91. The molecule has 0 atom stereocenters. The number of anilines is 2. The molecule has 0 amide bonds. The van der Waals surface area contributed by atoms with E-state index in [1.807, 2.05) is 30.3 Å². The molecule has 0 fully saturated rings. The Hall–Kier alpha value is -2.40. The van der Waals surface area contributed by atoms with Gasteiger partial charge in [0.1, 0.15) is 5.82 Å². The lowest BCUT2D eigenvalue weighted by Crippen LogP contribution is -1.94. The van der Waals surface area contributed by atoms with Gasteiger partial charge >= 0.3 is 6.01 Å². The Bertz CT molecular complexity index is 725. The monoisotopic (exact) mass is 303 g/mol. The molecule has 0 unspecified atom stereocenters. The minimum absolute atomic E-state index is 0.148. The first-order valence-electron chi connectivity index (χ1n) is 6.30. The second-order valence-corrected chi connectivity index (χ2v) is 4.78. The van der Waals surface area contributed by atoms with Gasteiger partial charge < -0.3 is 9.73 Å². The molecule has 3 aromatic rings. The zero-order valence-electron chi connectivity index (χ0n) is 10.9. The molecule has 3 rings (SSSR count). The predicted molar refractivity (Wildman–Crippen MR) is 78.2 cm³/mol. The lowest BCUT2D eigenvalue weighted by Gasteiger charge is -2.02. The third-order valence-electron chi connectivity index (χ3n) is 2.88. The van der Waals surface area contributed by atoms with Crippen molar-refractivity contribution in [2.24, 2.45) is 0 Å². The van der Waals surface area contributed by atoms with E-state index < -0.39 is 5.82 Å². The number of halogens is 2. The summed E-state index contributed by atoms with van der Waals surface area (Å²) in [6.07, 6.45) is 0.148. The fourth-order valence-electron chi connectivity index (χ4n) is 1.87. The first-order chi connectivity index (χ1) is 10.2. The van der Waals surface area contributed by atoms with E-state index >= 15 is 0 Å². The minimum atomic E-state index is -0.390. The molecule has 21 heavy (non-hydrogen) atoms. The largest absolute Gasteiger partial charge is 0.408 e. The summed E-state index contributed by atoms with van der Waals surface area (Å²) >= 11 is 5.97. The summed E-state index contributed by atoms with van der Waals surface area (Å²) in [5, 5.41) is 11.1. The van der Waals surface area contributed by atoms with Crippen LogP contribution in [0, 0.1) is 5.82 Å². The Morgan fingerprint density at radius 3 is 2.62 bits per heavy atom. The van der Waals surface area contributed by atoms with Crippen LogP contribution in [0.25, 0.3) is 0 Å². The normalized spacial score (nSPS) is 10.6. The fraction of sp³-hybridized carbons (Fsp3) is 0.0667. The second kappa shape index (κ2) is 5.93. The summed E-state index contributed by atoms with van der Waals surface area (Å²) in [6.45, 7) is 0. The first kappa shape index (κ1) is 13.6. The summed E-state index contributed by atoms with van der Waals surface area (Å²) in [5.74, 6) is -0.0984.